The van der Waals surface area contributed by atoms with Crippen LogP contribution in [0.25, 0.3) is 0 Å². The summed E-state index contributed by atoms with van der Waals surface area (Å²) in [5.41, 5.74) is 1.99. The number of carbonyl (C=O) groups is 4. The van der Waals surface area contributed by atoms with Crippen molar-refractivity contribution < 1.29 is 19.2 Å². The number of para-hydroxylation sites is 1. The molecular weight excluding hydrogens is 562 g/mol. The predicted molar refractivity (Wildman–Crippen MR) is 162 cm³/mol. The molecule has 5 amide bonds. The van der Waals surface area contributed by atoms with Gasteiger partial charge in [0.25, 0.3) is 5.91 Å². The first-order valence-electron chi connectivity index (χ1n) is 14.2. The molecule has 0 spiro atoms. The van der Waals surface area contributed by atoms with Gasteiger partial charge in [0.15, 0.2) is 0 Å². The zero-order chi connectivity index (χ0) is 29.9. The summed E-state index contributed by atoms with van der Waals surface area (Å²) in [6.07, 6.45) is 0.0553. The number of amides is 5. The zero-order valence-corrected chi connectivity index (χ0v) is 24.1. The van der Waals surface area contributed by atoms with Crippen molar-refractivity contribution in [2.24, 2.45) is 11.8 Å². The maximum Gasteiger partial charge on any atom is 0.332 e. The highest BCUT2D eigenvalue weighted by atomic mass is 35.5. The van der Waals surface area contributed by atoms with Crippen LogP contribution in [-0.2, 0) is 27.3 Å². The highest BCUT2D eigenvalue weighted by Crippen LogP contribution is 2.60. The lowest BCUT2D eigenvalue weighted by atomic mass is 9.75. The molecule has 4 aromatic carbocycles. The van der Waals surface area contributed by atoms with Crippen LogP contribution < -0.4 is 4.90 Å². The number of benzene rings is 4. The third kappa shape index (κ3) is 4.10. The van der Waals surface area contributed by atoms with Crippen LogP contribution in [-0.4, -0.2) is 39.1 Å². The lowest BCUT2D eigenvalue weighted by Gasteiger charge is -2.35. The Morgan fingerprint density at radius 1 is 0.744 bits per heavy atom. The average molecular weight is 590 g/mol. The van der Waals surface area contributed by atoms with Crippen molar-refractivity contribution in [3.8, 4) is 0 Å². The second kappa shape index (κ2) is 10.2. The van der Waals surface area contributed by atoms with Gasteiger partial charge in [-0.25, -0.2) is 9.69 Å². The summed E-state index contributed by atoms with van der Waals surface area (Å²) in [5.74, 6) is -3.32. The number of rotatable bonds is 6. The minimum absolute atomic E-state index is 0.0553. The molecule has 7 rings (SSSR count). The van der Waals surface area contributed by atoms with Crippen molar-refractivity contribution >= 4 is 41.0 Å². The van der Waals surface area contributed by atoms with Gasteiger partial charge < -0.3 is 4.90 Å². The van der Waals surface area contributed by atoms with Crippen molar-refractivity contribution in [3.05, 3.63) is 136 Å². The summed E-state index contributed by atoms with van der Waals surface area (Å²) in [5, 5.41) is 0.529. The van der Waals surface area contributed by atoms with Gasteiger partial charge in [0.05, 0.1) is 30.1 Å². The monoisotopic (exact) mass is 589 g/mol. The second-order valence-electron chi connectivity index (χ2n) is 11.5. The van der Waals surface area contributed by atoms with Gasteiger partial charge in [-0.05, 0) is 47.9 Å². The molecule has 3 saturated heterocycles. The molecule has 8 heteroatoms. The Morgan fingerprint density at radius 3 is 2.09 bits per heavy atom. The summed E-state index contributed by atoms with van der Waals surface area (Å²) in [6, 6.07) is 31.4. The van der Waals surface area contributed by atoms with Crippen LogP contribution in [0.5, 0.6) is 0 Å². The van der Waals surface area contributed by atoms with Crippen molar-refractivity contribution in [1.82, 2.24) is 9.80 Å². The number of hydrogen-bond acceptors (Lipinski definition) is 4. The predicted octanol–water partition coefficient (Wildman–Crippen LogP) is 5.95. The van der Waals surface area contributed by atoms with Crippen molar-refractivity contribution in [2.45, 2.75) is 31.5 Å². The molecule has 0 N–H and O–H groups in total. The summed E-state index contributed by atoms with van der Waals surface area (Å²) in [4.78, 5) is 62.2. The second-order valence-corrected chi connectivity index (χ2v) is 11.9. The van der Waals surface area contributed by atoms with Gasteiger partial charge in [-0.15, -0.1) is 0 Å². The molecule has 0 aliphatic carbocycles. The Hall–Kier alpha value is -4.75. The maximum atomic E-state index is 14.9. The molecule has 0 aromatic heterocycles. The van der Waals surface area contributed by atoms with Gasteiger partial charge in [-0.3, -0.25) is 19.3 Å². The Balaban J connectivity index is 1.45. The lowest BCUT2D eigenvalue weighted by Crippen LogP contribution is -2.55. The van der Waals surface area contributed by atoms with Gasteiger partial charge >= 0.3 is 6.03 Å². The Labute approximate surface area is 254 Å². The van der Waals surface area contributed by atoms with E-state index in [1.165, 1.54) is 14.7 Å². The van der Waals surface area contributed by atoms with E-state index in [1.807, 2.05) is 67.6 Å². The molecule has 3 unspecified atom stereocenters. The first-order chi connectivity index (χ1) is 20.8. The Bertz CT molecular complexity index is 1760. The van der Waals surface area contributed by atoms with Crippen LogP contribution in [0.15, 0.2) is 109 Å². The van der Waals surface area contributed by atoms with E-state index >= 15 is 0 Å². The quantitative estimate of drug-likeness (QED) is 0.206. The first kappa shape index (κ1) is 27.1. The molecule has 0 saturated carbocycles. The van der Waals surface area contributed by atoms with Crippen LogP contribution in [0.2, 0.25) is 5.02 Å². The number of imide groups is 2. The molecule has 4 atom stereocenters. The Kier molecular flexibility index (Phi) is 6.43. The van der Waals surface area contributed by atoms with Crippen LogP contribution >= 0.6 is 11.6 Å². The van der Waals surface area contributed by atoms with Gasteiger partial charge in [0.2, 0.25) is 11.8 Å². The van der Waals surface area contributed by atoms with E-state index < -0.39 is 41.3 Å². The van der Waals surface area contributed by atoms with E-state index in [2.05, 4.69) is 0 Å². The third-order valence-electron chi connectivity index (χ3n) is 8.94. The van der Waals surface area contributed by atoms with E-state index in [-0.39, 0.29) is 18.9 Å². The summed E-state index contributed by atoms with van der Waals surface area (Å²) < 4.78 is 0. The van der Waals surface area contributed by atoms with Crippen LogP contribution in [0.3, 0.4) is 0 Å². The highest BCUT2D eigenvalue weighted by molar-refractivity contribution is 6.30. The number of aryl methyl sites for hydroxylation is 1. The van der Waals surface area contributed by atoms with E-state index in [0.717, 1.165) is 16.7 Å². The number of likely N-dealkylation sites (tertiary alicyclic amines) is 1. The summed E-state index contributed by atoms with van der Waals surface area (Å²) in [7, 11) is 0. The number of carbonyl (C=O) groups excluding carboxylic acids is 4. The van der Waals surface area contributed by atoms with Gasteiger partial charge in [0.1, 0.15) is 5.54 Å². The van der Waals surface area contributed by atoms with Crippen LogP contribution in [0.1, 0.15) is 28.3 Å². The molecule has 43 heavy (non-hydrogen) atoms. The zero-order valence-electron chi connectivity index (χ0n) is 23.4. The average Bonchev–Trinajstić information content (AvgIpc) is 3.53. The van der Waals surface area contributed by atoms with Gasteiger partial charge in [-0.2, -0.15) is 0 Å². The topological polar surface area (TPSA) is 78.0 Å². The molecule has 0 radical (unpaired) electrons. The Morgan fingerprint density at radius 2 is 1.42 bits per heavy atom. The minimum atomic E-state index is -1.63. The normalized spacial score (nSPS) is 24.6. The molecule has 4 aromatic rings. The van der Waals surface area contributed by atoms with Gasteiger partial charge in [-0.1, -0.05) is 102 Å². The van der Waals surface area contributed by atoms with Gasteiger partial charge in [0, 0.05) is 11.4 Å². The molecule has 3 fully saturated rings. The number of fused-ring (bicyclic) bond motifs is 3. The number of urea groups is 1. The third-order valence-corrected chi connectivity index (χ3v) is 9.20. The fourth-order valence-electron chi connectivity index (χ4n) is 7.17. The number of halogens is 1. The smallest absolute Gasteiger partial charge is 0.300 e. The SMILES string of the molecule is Cc1cccc(C2C3C(=O)N(Cc4ccccc4)C(=O)C3[C@]3(Cc4ccc(Cl)cc4)C(=O)N(c4ccccc4)C(=O)N23)c1. The fraction of sp³-hybridized carbons (Fsp3) is 0.200. The van der Waals surface area contributed by atoms with E-state index in [4.69, 9.17) is 11.6 Å². The standard InChI is InChI=1S/C35H28ClN3O4/c1-22-9-8-12-25(19-22)30-28-29(32(41)37(31(28)40)21-24-10-4-2-5-11-24)35(20-23-15-17-26(36)18-16-23)33(42)38(34(43)39(30)35)27-13-6-3-7-14-27/h2-19,28-30H,20-21H2,1H3/t28?,29?,30?,35-/m1/s1. The number of nitrogens with zero attached hydrogens (tertiary/aromatic N) is 3. The molecule has 3 aliphatic rings. The number of hydrogen-bond donors (Lipinski definition) is 0. The molecule has 3 heterocycles. The molecule has 3 aliphatic heterocycles. The largest absolute Gasteiger partial charge is 0.332 e. The molecule has 7 nitrogen and oxygen atoms in total. The van der Waals surface area contributed by atoms with E-state index in [0.29, 0.717) is 16.3 Å². The highest BCUT2D eigenvalue weighted by Gasteiger charge is 2.77. The number of anilines is 1. The minimum Gasteiger partial charge on any atom is -0.300 e. The molecule has 214 valence electrons. The van der Waals surface area contributed by atoms with E-state index in [1.54, 1.807) is 48.5 Å². The molecule has 0 bridgehead atoms. The van der Waals surface area contributed by atoms with E-state index in [9.17, 15) is 19.2 Å². The lowest BCUT2D eigenvalue weighted by molar-refractivity contribution is -0.144. The summed E-state index contributed by atoms with van der Waals surface area (Å²) >= 11 is 6.19. The first-order valence-corrected chi connectivity index (χ1v) is 14.6. The van der Waals surface area contributed by atoms with Crippen molar-refractivity contribution in [3.63, 3.8) is 0 Å². The molecular formula is C35H28ClN3O4. The van der Waals surface area contributed by atoms with Crippen LogP contribution in [0, 0.1) is 18.8 Å². The maximum absolute atomic E-state index is 14.9. The van der Waals surface area contributed by atoms with Crippen LogP contribution in [0.4, 0.5) is 10.5 Å². The summed E-state index contributed by atoms with van der Waals surface area (Å²) in [6.45, 7) is 2.03. The van der Waals surface area contributed by atoms with Crippen molar-refractivity contribution in [1.29, 1.82) is 0 Å². The van der Waals surface area contributed by atoms with Crippen molar-refractivity contribution in [2.75, 3.05) is 4.90 Å². The fourth-order valence-corrected chi connectivity index (χ4v) is 7.29.